The molecule has 2 rings (SSSR count). The molecule has 1 amide bonds. The van der Waals surface area contributed by atoms with Crippen molar-refractivity contribution in [3.63, 3.8) is 0 Å². The lowest BCUT2D eigenvalue weighted by atomic mass is 10.0. The maximum Gasteiger partial charge on any atom is 0.246 e. The minimum Gasteiger partial charge on any atom is -0.366 e. The summed E-state index contributed by atoms with van der Waals surface area (Å²) in [6, 6.07) is 10.1. The van der Waals surface area contributed by atoms with Crippen molar-refractivity contribution in [3.05, 3.63) is 59.4 Å². The van der Waals surface area contributed by atoms with E-state index in [1.165, 1.54) is 5.56 Å². The summed E-state index contributed by atoms with van der Waals surface area (Å²) in [4.78, 5) is 13.2. The van der Waals surface area contributed by atoms with Gasteiger partial charge in [-0.2, -0.15) is 0 Å². The van der Waals surface area contributed by atoms with E-state index in [0.717, 1.165) is 12.1 Å². The van der Waals surface area contributed by atoms with E-state index >= 15 is 0 Å². The first-order valence-corrected chi connectivity index (χ1v) is 5.62. The molecule has 17 heavy (non-hydrogen) atoms. The van der Waals surface area contributed by atoms with Crippen LogP contribution in [0.25, 0.3) is 0 Å². The van der Waals surface area contributed by atoms with Crippen LogP contribution in [0, 0.1) is 0 Å². The lowest BCUT2D eigenvalue weighted by Gasteiger charge is -2.23. The highest BCUT2D eigenvalue weighted by Gasteiger charge is 2.13. The molecule has 2 N–H and O–H groups in total. The summed E-state index contributed by atoms with van der Waals surface area (Å²) in [7, 11) is 0. The van der Waals surface area contributed by atoms with Crippen molar-refractivity contribution in [2.45, 2.75) is 19.9 Å². The zero-order valence-corrected chi connectivity index (χ0v) is 9.89. The second-order valence-electron chi connectivity index (χ2n) is 4.33. The van der Waals surface area contributed by atoms with Crippen molar-refractivity contribution in [2.24, 2.45) is 5.73 Å². The first-order chi connectivity index (χ1) is 8.15. The van der Waals surface area contributed by atoms with E-state index in [1.807, 2.05) is 36.2 Å². The molecule has 0 saturated carbocycles. The summed E-state index contributed by atoms with van der Waals surface area (Å²) in [5, 5.41) is 0. The molecule has 88 valence electrons. The molecule has 1 aromatic carbocycles. The maximum absolute atomic E-state index is 11.2. The van der Waals surface area contributed by atoms with Gasteiger partial charge in [0.15, 0.2) is 0 Å². The van der Waals surface area contributed by atoms with Crippen LogP contribution in [0.5, 0.6) is 0 Å². The molecule has 0 aromatic heterocycles. The fraction of sp³-hybridized carbons (Fsp3) is 0.214. The number of amides is 1. The molecule has 0 bridgehead atoms. The molecule has 0 unspecified atom stereocenters. The van der Waals surface area contributed by atoms with Gasteiger partial charge in [0.25, 0.3) is 0 Å². The number of hydrogen-bond acceptors (Lipinski definition) is 2. The summed E-state index contributed by atoms with van der Waals surface area (Å²) < 4.78 is 0. The lowest BCUT2D eigenvalue weighted by molar-refractivity contribution is -0.114. The molecule has 0 radical (unpaired) electrons. The van der Waals surface area contributed by atoms with E-state index in [2.05, 4.69) is 18.3 Å². The van der Waals surface area contributed by atoms with Gasteiger partial charge < -0.3 is 10.6 Å². The lowest BCUT2D eigenvalue weighted by Crippen LogP contribution is -2.22. The summed E-state index contributed by atoms with van der Waals surface area (Å²) >= 11 is 0. The van der Waals surface area contributed by atoms with Gasteiger partial charge in [-0.05, 0) is 12.5 Å². The highest BCUT2D eigenvalue weighted by Crippen LogP contribution is 2.20. The van der Waals surface area contributed by atoms with Crippen LogP contribution >= 0.6 is 0 Å². The van der Waals surface area contributed by atoms with Crippen LogP contribution < -0.4 is 5.73 Å². The zero-order chi connectivity index (χ0) is 12.3. The SMILES string of the molecule is CC1=CN(Cc2ccccc2)C=C(C(N)=O)C1. The molecule has 1 aliphatic rings. The van der Waals surface area contributed by atoms with E-state index in [1.54, 1.807) is 0 Å². The molecule has 0 spiro atoms. The Morgan fingerprint density at radius 1 is 1.29 bits per heavy atom. The van der Waals surface area contributed by atoms with Gasteiger partial charge in [-0.15, -0.1) is 0 Å². The van der Waals surface area contributed by atoms with Gasteiger partial charge in [0.1, 0.15) is 0 Å². The Balaban J connectivity index is 2.15. The maximum atomic E-state index is 11.2. The molecule has 3 nitrogen and oxygen atoms in total. The third-order valence-corrected chi connectivity index (χ3v) is 2.70. The largest absolute Gasteiger partial charge is 0.366 e. The Bertz CT molecular complexity index is 474. The molecular weight excluding hydrogens is 212 g/mol. The number of hydrogen-bond donors (Lipinski definition) is 1. The van der Waals surface area contributed by atoms with E-state index in [0.29, 0.717) is 12.0 Å². The van der Waals surface area contributed by atoms with Gasteiger partial charge in [0.05, 0.1) is 0 Å². The molecule has 1 heterocycles. The van der Waals surface area contributed by atoms with Crippen LogP contribution in [0.15, 0.2) is 53.9 Å². The number of rotatable bonds is 3. The molecule has 3 heteroatoms. The van der Waals surface area contributed by atoms with Crippen molar-refractivity contribution >= 4 is 5.91 Å². The minimum absolute atomic E-state index is 0.337. The van der Waals surface area contributed by atoms with Crippen molar-refractivity contribution in [1.29, 1.82) is 0 Å². The smallest absolute Gasteiger partial charge is 0.246 e. The van der Waals surface area contributed by atoms with Gasteiger partial charge >= 0.3 is 0 Å². The Morgan fingerprint density at radius 2 is 2.00 bits per heavy atom. The topological polar surface area (TPSA) is 46.3 Å². The first-order valence-electron chi connectivity index (χ1n) is 5.62. The minimum atomic E-state index is -0.337. The van der Waals surface area contributed by atoms with Gasteiger partial charge in [-0.3, -0.25) is 4.79 Å². The molecule has 0 atom stereocenters. The highest BCUT2D eigenvalue weighted by atomic mass is 16.1. The van der Waals surface area contributed by atoms with E-state index in [-0.39, 0.29) is 5.91 Å². The summed E-state index contributed by atoms with van der Waals surface area (Å²) in [6.45, 7) is 2.77. The Morgan fingerprint density at radius 3 is 2.65 bits per heavy atom. The standard InChI is InChI=1S/C14H16N2O/c1-11-7-13(14(15)17)10-16(8-11)9-12-5-3-2-4-6-12/h2-6,8,10H,7,9H2,1H3,(H2,15,17). The van der Waals surface area contributed by atoms with Gasteiger partial charge in [-0.25, -0.2) is 0 Å². The number of allylic oxidation sites excluding steroid dienone is 1. The average Bonchev–Trinajstić information content (AvgIpc) is 2.29. The predicted molar refractivity (Wildman–Crippen MR) is 67.6 cm³/mol. The summed E-state index contributed by atoms with van der Waals surface area (Å²) in [5.41, 5.74) is 8.35. The van der Waals surface area contributed by atoms with Crippen LogP contribution in [0.3, 0.4) is 0 Å². The van der Waals surface area contributed by atoms with Crippen molar-refractivity contribution in [1.82, 2.24) is 4.90 Å². The van der Waals surface area contributed by atoms with Crippen molar-refractivity contribution in [3.8, 4) is 0 Å². The van der Waals surface area contributed by atoms with Crippen LogP contribution in [0.1, 0.15) is 18.9 Å². The average molecular weight is 228 g/mol. The van der Waals surface area contributed by atoms with Gasteiger partial charge in [0, 0.05) is 30.9 Å². The number of carbonyl (C=O) groups is 1. The van der Waals surface area contributed by atoms with Crippen LogP contribution in [0.2, 0.25) is 0 Å². The zero-order valence-electron chi connectivity index (χ0n) is 9.89. The normalized spacial score (nSPS) is 15.2. The highest BCUT2D eigenvalue weighted by molar-refractivity contribution is 5.92. The predicted octanol–water partition coefficient (Wildman–Crippen LogP) is 2.17. The Labute approximate surface area is 101 Å². The number of primary amides is 1. The third kappa shape index (κ3) is 2.97. The molecule has 1 aromatic rings. The van der Waals surface area contributed by atoms with Crippen LogP contribution in [0.4, 0.5) is 0 Å². The molecular formula is C14H16N2O. The number of benzene rings is 1. The Kier molecular flexibility index (Phi) is 3.28. The number of nitrogens with two attached hydrogens (primary N) is 1. The Hall–Kier alpha value is -2.03. The van der Waals surface area contributed by atoms with Crippen LogP contribution in [-0.2, 0) is 11.3 Å². The van der Waals surface area contributed by atoms with Crippen molar-refractivity contribution < 1.29 is 4.79 Å². The fourth-order valence-corrected chi connectivity index (χ4v) is 1.95. The first kappa shape index (κ1) is 11.5. The second-order valence-corrected chi connectivity index (χ2v) is 4.33. The third-order valence-electron chi connectivity index (χ3n) is 2.70. The fourth-order valence-electron chi connectivity index (χ4n) is 1.95. The van der Waals surface area contributed by atoms with E-state index < -0.39 is 0 Å². The monoisotopic (exact) mass is 228 g/mol. The van der Waals surface area contributed by atoms with Gasteiger partial charge in [0.2, 0.25) is 5.91 Å². The van der Waals surface area contributed by atoms with Crippen molar-refractivity contribution in [2.75, 3.05) is 0 Å². The van der Waals surface area contributed by atoms with Crippen LogP contribution in [-0.4, -0.2) is 10.8 Å². The van der Waals surface area contributed by atoms with E-state index in [4.69, 9.17) is 5.73 Å². The number of carbonyl (C=O) groups excluding carboxylic acids is 1. The second kappa shape index (κ2) is 4.87. The summed E-state index contributed by atoms with van der Waals surface area (Å²) in [5.74, 6) is -0.337. The molecule has 1 aliphatic heterocycles. The summed E-state index contributed by atoms with van der Waals surface area (Å²) in [6.07, 6.45) is 4.54. The molecule has 0 fully saturated rings. The van der Waals surface area contributed by atoms with Gasteiger partial charge in [-0.1, -0.05) is 35.9 Å². The number of nitrogens with zero attached hydrogens (tertiary/aromatic N) is 1. The molecule has 0 saturated heterocycles. The quantitative estimate of drug-likeness (QED) is 0.861. The molecule has 0 aliphatic carbocycles. The van der Waals surface area contributed by atoms with E-state index in [9.17, 15) is 4.79 Å².